The molecule has 0 aromatic heterocycles. The van der Waals surface area contributed by atoms with Crippen LogP contribution in [0.4, 0.5) is 5.69 Å². The molecule has 2 aromatic carbocycles. The lowest BCUT2D eigenvalue weighted by atomic mass is 10.0. The normalized spacial score (nSPS) is 10.3. The number of nitrogens with zero attached hydrogens (tertiary/aromatic N) is 1. The van der Waals surface area contributed by atoms with Gasteiger partial charge in [-0.25, -0.2) is 0 Å². The van der Waals surface area contributed by atoms with Gasteiger partial charge < -0.3 is 0 Å². The lowest BCUT2D eigenvalue weighted by molar-refractivity contribution is -0.384. The minimum Gasteiger partial charge on any atom is -0.294 e. The fourth-order valence-corrected chi connectivity index (χ4v) is 2.37. The largest absolute Gasteiger partial charge is 0.294 e. The number of benzene rings is 2. The zero-order valence-corrected chi connectivity index (χ0v) is 12.5. The Morgan fingerprint density at radius 1 is 1.20 bits per heavy atom. The maximum absolute atomic E-state index is 12.2. The summed E-state index contributed by atoms with van der Waals surface area (Å²) < 4.78 is 0.675. The quantitative estimate of drug-likeness (QED) is 0.463. The number of non-ortho nitro benzene ring substituents is 1. The second-order valence-corrected chi connectivity index (χ2v) is 5.44. The van der Waals surface area contributed by atoms with Gasteiger partial charge in [0.1, 0.15) is 0 Å². The highest BCUT2D eigenvalue weighted by Crippen LogP contribution is 2.23. The predicted molar refractivity (Wildman–Crippen MR) is 80.3 cm³/mol. The second kappa shape index (κ2) is 6.15. The molecule has 0 amide bonds. The Labute approximate surface area is 128 Å². The Kier molecular flexibility index (Phi) is 4.52. The Hall–Kier alpha value is -1.72. The van der Waals surface area contributed by atoms with E-state index in [0.717, 1.165) is 0 Å². The van der Waals surface area contributed by atoms with E-state index in [1.165, 1.54) is 12.1 Å². The summed E-state index contributed by atoms with van der Waals surface area (Å²) in [4.78, 5) is 22.3. The van der Waals surface area contributed by atoms with Gasteiger partial charge in [-0.1, -0.05) is 39.7 Å². The molecule has 0 unspecified atom stereocenters. The third-order valence-corrected chi connectivity index (χ3v) is 3.67. The monoisotopic (exact) mass is 353 g/mol. The molecule has 0 aliphatic carbocycles. The van der Waals surface area contributed by atoms with Crippen LogP contribution in [-0.2, 0) is 6.42 Å². The zero-order valence-electron chi connectivity index (χ0n) is 10.2. The minimum atomic E-state index is -0.473. The molecule has 2 rings (SSSR count). The van der Waals surface area contributed by atoms with Crippen LogP contribution in [0, 0.1) is 10.1 Å². The summed E-state index contributed by atoms with van der Waals surface area (Å²) in [6.45, 7) is 0. The molecule has 0 spiro atoms. The molecule has 20 heavy (non-hydrogen) atoms. The first-order valence-corrected chi connectivity index (χ1v) is 6.86. The first kappa shape index (κ1) is 14.7. The van der Waals surface area contributed by atoms with E-state index in [-0.39, 0.29) is 17.9 Å². The van der Waals surface area contributed by atoms with E-state index < -0.39 is 4.92 Å². The van der Waals surface area contributed by atoms with Gasteiger partial charge in [0.25, 0.3) is 5.69 Å². The van der Waals surface area contributed by atoms with Crippen molar-refractivity contribution in [1.82, 2.24) is 0 Å². The zero-order chi connectivity index (χ0) is 14.7. The molecular formula is C14H9BrClNO3. The van der Waals surface area contributed by atoms with Gasteiger partial charge in [0.05, 0.1) is 4.92 Å². The van der Waals surface area contributed by atoms with E-state index in [1.54, 1.807) is 30.3 Å². The van der Waals surface area contributed by atoms with Gasteiger partial charge in [0, 0.05) is 33.6 Å². The number of halogens is 2. The molecule has 0 radical (unpaired) electrons. The van der Waals surface area contributed by atoms with Crippen molar-refractivity contribution in [2.75, 3.05) is 0 Å². The molecule has 0 N–H and O–H groups in total. The molecule has 2 aromatic rings. The highest BCUT2D eigenvalue weighted by molar-refractivity contribution is 9.10. The summed E-state index contributed by atoms with van der Waals surface area (Å²) >= 11 is 9.18. The first-order valence-electron chi connectivity index (χ1n) is 5.69. The third-order valence-electron chi connectivity index (χ3n) is 2.74. The van der Waals surface area contributed by atoms with Crippen molar-refractivity contribution in [2.24, 2.45) is 0 Å². The van der Waals surface area contributed by atoms with E-state index in [9.17, 15) is 14.9 Å². The van der Waals surface area contributed by atoms with Crippen LogP contribution < -0.4 is 0 Å². The predicted octanol–water partition coefficient (Wildman–Crippen LogP) is 4.44. The van der Waals surface area contributed by atoms with Crippen molar-refractivity contribution >= 4 is 39.0 Å². The molecule has 0 saturated carbocycles. The van der Waals surface area contributed by atoms with Crippen LogP contribution in [0.2, 0.25) is 5.02 Å². The second-order valence-electron chi connectivity index (χ2n) is 4.15. The van der Waals surface area contributed by atoms with Gasteiger partial charge in [-0.05, 0) is 23.8 Å². The van der Waals surface area contributed by atoms with E-state index >= 15 is 0 Å². The summed E-state index contributed by atoms with van der Waals surface area (Å²) in [5.74, 6) is -0.103. The van der Waals surface area contributed by atoms with Gasteiger partial charge >= 0.3 is 0 Å². The third kappa shape index (κ3) is 3.43. The minimum absolute atomic E-state index is 0.00475. The van der Waals surface area contributed by atoms with Crippen LogP contribution in [0.25, 0.3) is 0 Å². The number of ketones is 1. The van der Waals surface area contributed by atoms with Crippen LogP contribution in [-0.4, -0.2) is 10.7 Å². The average molecular weight is 355 g/mol. The maximum Gasteiger partial charge on any atom is 0.269 e. The van der Waals surface area contributed by atoms with Crippen LogP contribution in [0.1, 0.15) is 15.9 Å². The van der Waals surface area contributed by atoms with Crippen LogP contribution in [0.3, 0.4) is 0 Å². The highest BCUT2D eigenvalue weighted by atomic mass is 79.9. The van der Waals surface area contributed by atoms with Crippen molar-refractivity contribution in [1.29, 1.82) is 0 Å². The van der Waals surface area contributed by atoms with Crippen molar-refractivity contribution in [3.63, 3.8) is 0 Å². The molecule has 4 nitrogen and oxygen atoms in total. The Morgan fingerprint density at radius 3 is 2.45 bits per heavy atom. The number of Topliss-reactive ketones (excluding diaryl/α,β-unsaturated/α-hetero) is 1. The first-order chi connectivity index (χ1) is 9.47. The van der Waals surface area contributed by atoms with Gasteiger partial charge in [-0.2, -0.15) is 0 Å². The molecule has 0 heterocycles. The molecular weight excluding hydrogens is 346 g/mol. The summed E-state index contributed by atoms with van der Waals surface area (Å²) in [6, 6.07) is 10.9. The van der Waals surface area contributed by atoms with E-state index in [2.05, 4.69) is 15.9 Å². The van der Waals surface area contributed by atoms with Gasteiger partial charge in [0.15, 0.2) is 5.78 Å². The van der Waals surface area contributed by atoms with Gasteiger partial charge in [0.2, 0.25) is 0 Å². The molecule has 0 bridgehead atoms. The summed E-state index contributed by atoms with van der Waals surface area (Å²) in [7, 11) is 0. The van der Waals surface area contributed by atoms with Gasteiger partial charge in [-0.3, -0.25) is 14.9 Å². The number of nitro groups is 1. The van der Waals surface area contributed by atoms with Gasteiger partial charge in [-0.15, -0.1) is 0 Å². The number of hydrogen-bond acceptors (Lipinski definition) is 3. The molecule has 0 saturated heterocycles. The smallest absolute Gasteiger partial charge is 0.269 e. The molecule has 102 valence electrons. The fraction of sp³-hybridized carbons (Fsp3) is 0.0714. The van der Waals surface area contributed by atoms with Crippen LogP contribution in [0.15, 0.2) is 46.9 Å². The summed E-state index contributed by atoms with van der Waals surface area (Å²) in [5.41, 5.74) is 1.22. The van der Waals surface area contributed by atoms with Crippen LogP contribution in [0.5, 0.6) is 0 Å². The highest BCUT2D eigenvalue weighted by Gasteiger charge is 2.12. The molecule has 0 aliphatic rings. The average Bonchev–Trinajstić information content (AvgIpc) is 2.42. The van der Waals surface area contributed by atoms with Crippen molar-refractivity contribution < 1.29 is 9.72 Å². The standard InChI is InChI=1S/C14H9BrClNO3/c15-13-6-3-10(16)8-12(13)14(18)7-9-1-4-11(5-2-9)17(19)20/h1-6,8H,7H2. The molecule has 0 atom stereocenters. The summed E-state index contributed by atoms with van der Waals surface area (Å²) in [6.07, 6.45) is 0.164. The van der Waals surface area contributed by atoms with Crippen molar-refractivity contribution in [3.05, 3.63) is 73.2 Å². The fourth-order valence-electron chi connectivity index (χ4n) is 1.73. The maximum atomic E-state index is 12.2. The summed E-state index contributed by atoms with van der Waals surface area (Å²) in [5, 5.41) is 11.0. The van der Waals surface area contributed by atoms with Crippen molar-refractivity contribution in [2.45, 2.75) is 6.42 Å². The number of carbonyl (C=O) groups excluding carboxylic acids is 1. The molecule has 0 fully saturated rings. The number of hydrogen-bond donors (Lipinski definition) is 0. The number of rotatable bonds is 4. The topological polar surface area (TPSA) is 60.2 Å². The Balaban J connectivity index is 2.19. The van der Waals surface area contributed by atoms with E-state index in [4.69, 9.17) is 11.6 Å². The van der Waals surface area contributed by atoms with Crippen molar-refractivity contribution in [3.8, 4) is 0 Å². The molecule has 6 heteroatoms. The lowest BCUT2D eigenvalue weighted by Crippen LogP contribution is -2.04. The van der Waals surface area contributed by atoms with Crippen LogP contribution >= 0.6 is 27.5 Å². The molecule has 0 aliphatic heterocycles. The van der Waals surface area contributed by atoms with E-state index in [0.29, 0.717) is 20.6 Å². The SMILES string of the molecule is O=C(Cc1ccc([N+](=O)[O-])cc1)c1cc(Cl)ccc1Br. The van der Waals surface area contributed by atoms with E-state index in [1.807, 2.05) is 0 Å². The Bertz CT molecular complexity index is 671. The Morgan fingerprint density at radius 2 is 1.85 bits per heavy atom. The lowest BCUT2D eigenvalue weighted by Gasteiger charge is -2.04. The number of nitro benzene ring substituents is 1. The number of carbonyl (C=O) groups is 1.